The maximum absolute atomic E-state index is 13.3. The summed E-state index contributed by atoms with van der Waals surface area (Å²) in [5.74, 6) is -2.32. The van der Waals surface area contributed by atoms with Crippen LogP contribution in [0.2, 0.25) is 0 Å². The number of imide groups is 1. The van der Waals surface area contributed by atoms with Gasteiger partial charge in [0.1, 0.15) is 6.54 Å². The molecule has 1 aromatic heterocycles. The zero-order chi connectivity index (χ0) is 23.8. The van der Waals surface area contributed by atoms with Crippen molar-refractivity contribution < 1.29 is 23.9 Å². The van der Waals surface area contributed by atoms with Crippen LogP contribution in [0, 0.1) is 11.8 Å². The largest absolute Gasteiger partial charge is 0.456 e. The predicted molar refractivity (Wildman–Crippen MR) is 126 cm³/mol. The molecule has 2 aromatic carbocycles. The van der Waals surface area contributed by atoms with Crippen LogP contribution < -0.4 is 0 Å². The quantitative estimate of drug-likeness (QED) is 0.319. The number of aryl methyl sites for hydroxylation is 1. The Kier molecular flexibility index (Phi) is 5.77. The Bertz CT molecular complexity index is 1270. The van der Waals surface area contributed by atoms with Gasteiger partial charge in [0.15, 0.2) is 6.61 Å². The summed E-state index contributed by atoms with van der Waals surface area (Å²) in [5.41, 5.74) is 3.01. The van der Waals surface area contributed by atoms with Crippen LogP contribution >= 0.6 is 0 Å². The molecular formula is C27H26N2O5. The summed E-state index contributed by atoms with van der Waals surface area (Å²) in [5, 5.41) is 0.777. The third-order valence-electron chi connectivity index (χ3n) is 7.02. The van der Waals surface area contributed by atoms with Crippen molar-refractivity contribution in [3.8, 4) is 11.3 Å². The van der Waals surface area contributed by atoms with E-state index in [4.69, 9.17) is 4.74 Å². The molecule has 1 aliphatic carbocycles. The molecule has 1 saturated carbocycles. The standard InChI is InChI=1S/C27H26N2O5/c1-28-21-14-8-7-13-20(21)24(25(28)17-9-3-2-4-10-17)22(30)16-34-23(31)15-29-26(32)18-11-5-6-12-19(18)27(29)33/h2-4,7-10,13-14,18-19H,5-6,11-12,15-16H2,1H3/t18-,19+. The predicted octanol–water partition coefficient (Wildman–Crippen LogP) is 3.75. The number of Topliss-reactive ketones (excluding diaryl/α,β-unsaturated/α-hetero) is 1. The fraction of sp³-hybridized carbons (Fsp3) is 0.333. The van der Waals surface area contributed by atoms with Crippen LogP contribution in [-0.4, -0.2) is 46.2 Å². The summed E-state index contributed by atoms with van der Waals surface area (Å²) in [7, 11) is 1.90. The zero-order valence-corrected chi connectivity index (χ0v) is 19.0. The van der Waals surface area contributed by atoms with Crippen LogP contribution in [0.15, 0.2) is 54.6 Å². The van der Waals surface area contributed by atoms with Crippen LogP contribution in [0.5, 0.6) is 0 Å². The second-order valence-electron chi connectivity index (χ2n) is 9.01. The summed E-state index contributed by atoms with van der Waals surface area (Å²) in [6.07, 6.45) is 3.20. The molecule has 0 spiro atoms. The molecule has 5 rings (SSSR count). The van der Waals surface area contributed by atoms with Crippen molar-refractivity contribution in [2.45, 2.75) is 25.7 Å². The number of hydrogen-bond acceptors (Lipinski definition) is 5. The number of nitrogens with zero attached hydrogens (tertiary/aromatic N) is 2. The fourth-order valence-corrected chi connectivity index (χ4v) is 5.39. The summed E-state index contributed by atoms with van der Waals surface area (Å²) < 4.78 is 7.24. The maximum Gasteiger partial charge on any atom is 0.326 e. The van der Waals surface area contributed by atoms with Gasteiger partial charge in [0.2, 0.25) is 17.6 Å². The number of fused-ring (bicyclic) bond motifs is 2. The van der Waals surface area contributed by atoms with E-state index in [0.29, 0.717) is 18.4 Å². The van der Waals surface area contributed by atoms with Gasteiger partial charge in [0.05, 0.1) is 23.1 Å². The van der Waals surface area contributed by atoms with Gasteiger partial charge in [-0.05, 0) is 24.5 Å². The molecule has 2 atom stereocenters. The molecule has 7 nitrogen and oxygen atoms in total. The molecule has 174 valence electrons. The monoisotopic (exact) mass is 458 g/mol. The number of hydrogen-bond donors (Lipinski definition) is 0. The molecule has 1 saturated heterocycles. The van der Waals surface area contributed by atoms with E-state index in [1.807, 2.05) is 66.2 Å². The van der Waals surface area contributed by atoms with Gasteiger partial charge in [-0.25, -0.2) is 0 Å². The average Bonchev–Trinajstić information content (AvgIpc) is 3.30. The lowest BCUT2D eigenvalue weighted by molar-refractivity contribution is -0.152. The number of amides is 2. The van der Waals surface area contributed by atoms with E-state index >= 15 is 0 Å². The van der Waals surface area contributed by atoms with Crippen LogP contribution in [0.4, 0.5) is 0 Å². The Labute approximate surface area is 197 Å². The van der Waals surface area contributed by atoms with Crippen molar-refractivity contribution in [1.29, 1.82) is 0 Å². The normalized spacial score (nSPS) is 20.0. The topological polar surface area (TPSA) is 85.7 Å². The van der Waals surface area contributed by atoms with Crippen LogP contribution in [0.3, 0.4) is 0 Å². The molecular weight excluding hydrogens is 432 g/mol. The number of ether oxygens (including phenoxy) is 1. The van der Waals surface area contributed by atoms with Gasteiger partial charge < -0.3 is 9.30 Å². The first-order valence-corrected chi connectivity index (χ1v) is 11.6. The Balaban J connectivity index is 1.34. The third-order valence-corrected chi connectivity index (χ3v) is 7.02. The van der Waals surface area contributed by atoms with Crippen molar-refractivity contribution in [2.75, 3.05) is 13.2 Å². The SMILES string of the molecule is Cn1c(-c2ccccc2)c(C(=O)COC(=O)CN2C(=O)[C@H]3CCCC[C@H]3C2=O)c2ccccc21. The third kappa shape index (κ3) is 3.71. The van der Waals surface area contributed by atoms with E-state index in [2.05, 4.69) is 0 Å². The molecule has 0 bridgehead atoms. The van der Waals surface area contributed by atoms with Crippen molar-refractivity contribution in [2.24, 2.45) is 18.9 Å². The summed E-state index contributed by atoms with van der Waals surface area (Å²) in [6.45, 7) is -0.908. The number of carbonyl (C=O) groups excluding carboxylic acids is 4. The van der Waals surface area contributed by atoms with Crippen molar-refractivity contribution in [1.82, 2.24) is 9.47 Å². The molecule has 1 aliphatic heterocycles. The Morgan fingerprint density at radius 3 is 2.21 bits per heavy atom. The maximum atomic E-state index is 13.3. The van der Waals surface area contributed by atoms with Gasteiger partial charge >= 0.3 is 5.97 Å². The first-order chi connectivity index (χ1) is 16.5. The van der Waals surface area contributed by atoms with E-state index in [-0.39, 0.29) is 29.4 Å². The van der Waals surface area contributed by atoms with Crippen molar-refractivity contribution in [3.05, 3.63) is 60.2 Å². The smallest absolute Gasteiger partial charge is 0.326 e. The molecule has 0 N–H and O–H groups in total. The zero-order valence-electron chi connectivity index (χ0n) is 19.0. The lowest BCUT2D eigenvalue weighted by atomic mass is 9.81. The lowest BCUT2D eigenvalue weighted by Gasteiger charge is -2.19. The molecule has 2 heterocycles. The highest BCUT2D eigenvalue weighted by Gasteiger charge is 2.48. The lowest BCUT2D eigenvalue weighted by Crippen LogP contribution is -2.37. The molecule has 2 aliphatic rings. The van der Waals surface area contributed by atoms with Gasteiger partial charge in [0, 0.05) is 18.0 Å². The number of esters is 1. The highest BCUT2D eigenvalue weighted by Crippen LogP contribution is 2.38. The van der Waals surface area contributed by atoms with E-state index < -0.39 is 19.1 Å². The van der Waals surface area contributed by atoms with E-state index in [9.17, 15) is 19.2 Å². The van der Waals surface area contributed by atoms with Gasteiger partial charge in [-0.15, -0.1) is 0 Å². The summed E-state index contributed by atoms with van der Waals surface area (Å²) >= 11 is 0. The molecule has 7 heteroatoms. The summed E-state index contributed by atoms with van der Waals surface area (Å²) in [4.78, 5) is 52.1. The van der Waals surface area contributed by atoms with Crippen molar-refractivity contribution in [3.63, 3.8) is 0 Å². The Morgan fingerprint density at radius 1 is 0.912 bits per heavy atom. The van der Waals surface area contributed by atoms with Gasteiger partial charge in [-0.2, -0.15) is 0 Å². The minimum atomic E-state index is -0.754. The van der Waals surface area contributed by atoms with Gasteiger partial charge in [-0.1, -0.05) is 61.4 Å². The van der Waals surface area contributed by atoms with Gasteiger partial charge in [0.25, 0.3) is 0 Å². The Hall–Kier alpha value is -3.74. The molecule has 3 aromatic rings. The minimum absolute atomic E-state index is 0.293. The van der Waals surface area contributed by atoms with E-state index in [1.54, 1.807) is 0 Å². The van der Waals surface area contributed by atoms with Crippen LogP contribution in [-0.2, 0) is 26.2 Å². The molecule has 0 radical (unpaired) electrons. The number of aromatic nitrogens is 1. The highest BCUT2D eigenvalue weighted by atomic mass is 16.5. The van der Waals surface area contributed by atoms with Gasteiger partial charge in [-0.3, -0.25) is 24.1 Å². The van der Waals surface area contributed by atoms with Crippen LogP contribution in [0.1, 0.15) is 36.0 Å². The Morgan fingerprint density at radius 2 is 1.53 bits per heavy atom. The number of ketones is 1. The number of likely N-dealkylation sites (tertiary alicyclic amines) is 1. The minimum Gasteiger partial charge on any atom is -0.456 e. The summed E-state index contributed by atoms with van der Waals surface area (Å²) in [6, 6.07) is 17.2. The number of para-hydroxylation sites is 1. The molecule has 0 unspecified atom stereocenters. The van der Waals surface area contributed by atoms with Crippen LogP contribution in [0.25, 0.3) is 22.2 Å². The molecule has 2 amide bonds. The first-order valence-electron chi connectivity index (χ1n) is 11.6. The number of rotatable bonds is 6. The highest BCUT2D eigenvalue weighted by molar-refractivity contribution is 6.14. The first kappa shape index (κ1) is 22.1. The van der Waals surface area contributed by atoms with E-state index in [1.165, 1.54) is 0 Å². The second-order valence-corrected chi connectivity index (χ2v) is 9.01. The molecule has 34 heavy (non-hydrogen) atoms. The average molecular weight is 459 g/mol. The second kappa shape index (κ2) is 8.89. The van der Waals surface area contributed by atoms with E-state index in [0.717, 1.165) is 39.9 Å². The molecule has 2 fully saturated rings. The van der Waals surface area contributed by atoms with Crippen molar-refractivity contribution >= 4 is 34.5 Å². The number of carbonyl (C=O) groups is 4. The fourth-order valence-electron chi connectivity index (χ4n) is 5.39. The number of benzene rings is 2.